The van der Waals surface area contributed by atoms with E-state index in [0.717, 1.165) is 80.6 Å². The monoisotopic (exact) mass is 483 g/mol. The standard InChI is InChI=1S/C25H29N3O5S/c1-2-12-3-10-16-17(11-12)34-24(19(16)23-26-21(28-33-23)15-8-9-15)27-22(29)18-13-4-6-14(7-5-13)20(18)32-25(30)31/h12-15H,2-11H2,1H3,(H,27,29)(H,30,31)/t12-,13?,14?/m1/s1. The number of rotatable bonds is 6. The Labute approximate surface area is 201 Å². The average molecular weight is 484 g/mol. The van der Waals surface area contributed by atoms with Gasteiger partial charge in [0.25, 0.3) is 11.8 Å². The number of allylic oxidation sites excluding steroid dienone is 1. The molecular weight excluding hydrogens is 454 g/mol. The van der Waals surface area contributed by atoms with Gasteiger partial charge < -0.3 is 19.7 Å². The highest BCUT2D eigenvalue weighted by atomic mass is 32.1. The number of ether oxygens (including phenoxy) is 1. The van der Waals surface area contributed by atoms with Crippen LogP contribution in [-0.4, -0.2) is 27.3 Å². The van der Waals surface area contributed by atoms with Crippen LogP contribution in [0.5, 0.6) is 0 Å². The highest BCUT2D eigenvalue weighted by molar-refractivity contribution is 7.17. The van der Waals surface area contributed by atoms with Crippen molar-refractivity contribution in [2.24, 2.45) is 17.8 Å². The van der Waals surface area contributed by atoms with Gasteiger partial charge in [0, 0.05) is 16.7 Å². The van der Waals surface area contributed by atoms with E-state index in [2.05, 4.69) is 17.4 Å². The Morgan fingerprint density at radius 2 is 1.85 bits per heavy atom. The lowest BCUT2D eigenvalue weighted by Gasteiger charge is -2.37. The van der Waals surface area contributed by atoms with E-state index in [1.807, 2.05) is 0 Å². The van der Waals surface area contributed by atoms with Gasteiger partial charge in [0.05, 0.1) is 11.1 Å². The summed E-state index contributed by atoms with van der Waals surface area (Å²) < 4.78 is 10.9. The van der Waals surface area contributed by atoms with E-state index in [0.29, 0.717) is 29.1 Å². The number of hydrogen-bond acceptors (Lipinski definition) is 7. The molecule has 1 atom stereocenters. The summed E-state index contributed by atoms with van der Waals surface area (Å²) in [5.41, 5.74) is 2.56. The van der Waals surface area contributed by atoms with Gasteiger partial charge in [-0.2, -0.15) is 4.98 Å². The fraction of sp³-hybridized carbons (Fsp3) is 0.600. The fourth-order valence-electron chi connectivity index (χ4n) is 5.93. The summed E-state index contributed by atoms with van der Waals surface area (Å²) in [4.78, 5) is 30.9. The number of fused-ring (bicyclic) bond motifs is 3. The normalized spacial score (nSPS) is 25.9. The maximum Gasteiger partial charge on any atom is 0.511 e. The summed E-state index contributed by atoms with van der Waals surface area (Å²) in [5, 5.41) is 17.3. The summed E-state index contributed by atoms with van der Waals surface area (Å²) in [6.07, 6.45) is 8.49. The molecule has 0 saturated heterocycles. The van der Waals surface area contributed by atoms with Crippen molar-refractivity contribution in [3.8, 4) is 11.5 Å². The van der Waals surface area contributed by atoms with E-state index in [1.165, 1.54) is 10.4 Å². The molecule has 2 N–H and O–H groups in total. The molecule has 2 aromatic heterocycles. The summed E-state index contributed by atoms with van der Waals surface area (Å²) >= 11 is 1.60. The summed E-state index contributed by atoms with van der Waals surface area (Å²) in [7, 11) is 0. The minimum atomic E-state index is -1.36. The van der Waals surface area contributed by atoms with E-state index < -0.39 is 6.16 Å². The van der Waals surface area contributed by atoms with Crippen LogP contribution in [0, 0.1) is 17.8 Å². The van der Waals surface area contributed by atoms with Gasteiger partial charge in [-0.15, -0.1) is 11.3 Å². The van der Waals surface area contributed by atoms with E-state index in [9.17, 15) is 14.7 Å². The third kappa shape index (κ3) is 3.83. The van der Waals surface area contributed by atoms with Crippen molar-refractivity contribution >= 4 is 28.4 Å². The van der Waals surface area contributed by atoms with Crippen molar-refractivity contribution < 1.29 is 24.0 Å². The molecule has 0 aliphatic heterocycles. The molecule has 0 spiro atoms. The predicted octanol–water partition coefficient (Wildman–Crippen LogP) is 5.90. The van der Waals surface area contributed by atoms with E-state index in [-0.39, 0.29) is 17.7 Å². The molecule has 2 bridgehead atoms. The quantitative estimate of drug-likeness (QED) is 0.492. The molecule has 0 aromatic carbocycles. The molecule has 9 heteroatoms. The van der Waals surface area contributed by atoms with Crippen molar-refractivity contribution in [1.29, 1.82) is 0 Å². The maximum atomic E-state index is 13.6. The predicted molar refractivity (Wildman–Crippen MR) is 126 cm³/mol. The lowest BCUT2D eigenvalue weighted by molar-refractivity contribution is -0.114. The third-order valence-electron chi connectivity index (χ3n) is 7.98. The van der Waals surface area contributed by atoms with E-state index >= 15 is 0 Å². The average Bonchev–Trinajstić information content (AvgIpc) is 3.46. The van der Waals surface area contributed by atoms with Gasteiger partial charge in [0.15, 0.2) is 5.82 Å². The van der Waals surface area contributed by atoms with Crippen LogP contribution in [-0.2, 0) is 22.4 Å². The van der Waals surface area contributed by atoms with Gasteiger partial charge in [0.1, 0.15) is 10.8 Å². The second kappa shape index (κ2) is 8.52. The molecule has 5 aliphatic carbocycles. The van der Waals surface area contributed by atoms with Gasteiger partial charge >= 0.3 is 6.16 Å². The Morgan fingerprint density at radius 3 is 2.56 bits per heavy atom. The first-order valence-electron chi connectivity index (χ1n) is 12.5. The number of carbonyl (C=O) groups is 2. The van der Waals surface area contributed by atoms with Crippen LogP contribution in [0.25, 0.3) is 11.5 Å². The van der Waals surface area contributed by atoms with Crippen molar-refractivity contribution in [2.45, 2.75) is 77.0 Å². The van der Waals surface area contributed by atoms with E-state index in [1.54, 1.807) is 11.3 Å². The number of thiophene rings is 1. The summed E-state index contributed by atoms with van der Waals surface area (Å²) in [6.45, 7) is 2.22. The molecule has 2 heterocycles. The van der Waals surface area contributed by atoms with Crippen LogP contribution >= 0.6 is 11.3 Å². The number of carbonyl (C=O) groups excluding carboxylic acids is 1. The zero-order chi connectivity index (χ0) is 23.4. The zero-order valence-electron chi connectivity index (χ0n) is 19.3. The number of anilines is 1. The summed E-state index contributed by atoms with van der Waals surface area (Å²) in [5.74, 6) is 2.36. The lowest BCUT2D eigenvalue weighted by atomic mass is 9.70. The Balaban J connectivity index is 1.37. The van der Waals surface area contributed by atoms with Crippen LogP contribution in [0.3, 0.4) is 0 Å². The first-order valence-corrected chi connectivity index (χ1v) is 13.3. The molecule has 2 fully saturated rings. The molecule has 34 heavy (non-hydrogen) atoms. The molecule has 0 unspecified atom stereocenters. The number of aromatic nitrogens is 2. The summed E-state index contributed by atoms with van der Waals surface area (Å²) in [6, 6.07) is 0. The topological polar surface area (TPSA) is 115 Å². The maximum absolute atomic E-state index is 13.6. The second-order valence-electron chi connectivity index (χ2n) is 10.1. The van der Waals surface area contributed by atoms with Crippen LogP contribution in [0.2, 0.25) is 0 Å². The molecule has 7 rings (SSSR count). The van der Waals surface area contributed by atoms with Crippen LogP contribution in [0.4, 0.5) is 9.80 Å². The minimum absolute atomic E-state index is 0.000199. The Kier molecular flexibility index (Phi) is 5.47. The fourth-order valence-corrected chi connectivity index (χ4v) is 7.28. The van der Waals surface area contributed by atoms with Crippen LogP contribution in [0.15, 0.2) is 15.9 Å². The van der Waals surface area contributed by atoms with Gasteiger partial charge in [-0.3, -0.25) is 4.79 Å². The molecule has 180 valence electrons. The number of nitrogens with zero attached hydrogens (tertiary/aromatic N) is 2. The molecule has 0 radical (unpaired) electrons. The second-order valence-corrected chi connectivity index (χ2v) is 11.2. The van der Waals surface area contributed by atoms with Crippen molar-refractivity contribution in [1.82, 2.24) is 10.1 Å². The highest BCUT2D eigenvalue weighted by Crippen LogP contribution is 2.49. The highest BCUT2D eigenvalue weighted by Gasteiger charge is 2.41. The molecule has 2 saturated carbocycles. The Bertz CT molecular complexity index is 1170. The number of amides is 1. The Morgan fingerprint density at radius 1 is 1.12 bits per heavy atom. The van der Waals surface area contributed by atoms with Crippen molar-refractivity contribution in [3.63, 3.8) is 0 Å². The lowest BCUT2D eigenvalue weighted by Crippen LogP contribution is -2.34. The smallest absolute Gasteiger partial charge is 0.449 e. The molecule has 1 amide bonds. The number of nitrogens with one attached hydrogen (secondary N) is 1. The third-order valence-corrected chi connectivity index (χ3v) is 9.15. The zero-order valence-corrected chi connectivity index (χ0v) is 20.1. The van der Waals surface area contributed by atoms with Gasteiger partial charge in [-0.05, 0) is 75.2 Å². The number of hydrogen-bond donors (Lipinski definition) is 2. The van der Waals surface area contributed by atoms with Gasteiger partial charge in [-0.1, -0.05) is 18.5 Å². The van der Waals surface area contributed by atoms with Crippen molar-refractivity contribution in [2.75, 3.05) is 5.32 Å². The molecule has 8 nitrogen and oxygen atoms in total. The van der Waals surface area contributed by atoms with Crippen molar-refractivity contribution in [3.05, 3.63) is 27.6 Å². The van der Waals surface area contributed by atoms with E-state index in [4.69, 9.17) is 14.2 Å². The first-order chi connectivity index (χ1) is 16.5. The van der Waals surface area contributed by atoms with Crippen LogP contribution in [0.1, 0.15) is 80.5 Å². The van der Waals surface area contributed by atoms with Crippen LogP contribution < -0.4 is 5.32 Å². The Hall–Kier alpha value is -2.68. The SMILES string of the molecule is CC[C@@H]1CCc2c(sc(NC(=O)C3=C(OC(=O)O)C4CCC3CC4)c2-c2nc(C3CC3)no2)C1. The molecule has 2 aromatic rings. The molecular formula is C25H29N3O5S. The largest absolute Gasteiger partial charge is 0.511 e. The minimum Gasteiger partial charge on any atom is -0.449 e. The number of carboxylic acid groups (broad SMARTS) is 1. The molecule has 5 aliphatic rings. The van der Waals surface area contributed by atoms with Gasteiger partial charge in [-0.25, -0.2) is 4.79 Å². The van der Waals surface area contributed by atoms with Gasteiger partial charge in [0.2, 0.25) is 0 Å². The first kappa shape index (κ1) is 21.8.